The highest BCUT2D eigenvalue weighted by Crippen LogP contribution is 2.56. The van der Waals surface area contributed by atoms with Crippen LogP contribution in [0.1, 0.15) is 112 Å². The minimum atomic E-state index is -0.321. The minimum absolute atomic E-state index is 0.210. The number of anilines is 2. The first-order chi connectivity index (χ1) is 35.7. The summed E-state index contributed by atoms with van der Waals surface area (Å²) in [5.74, 6) is 0. The second-order valence-corrected chi connectivity index (χ2v) is 23.1. The van der Waals surface area contributed by atoms with Gasteiger partial charge >= 0.3 is 0 Å². The van der Waals surface area contributed by atoms with Gasteiger partial charge in [0.2, 0.25) is 0 Å². The Hall–Kier alpha value is -7.16. The zero-order chi connectivity index (χ0) is 51.6. The van der Waals surface area contributed by atoms with Gasteiger partial charge in [-0.05, 0) is 165 Å². The van der Waals surface area contributed by atoms with E-state index in [1.54, 1.807) is 0 Å². The van der Waals surface area contributed by atoms with Gasteiger partial charge in [-0.1, -0.05) is 210 Å². The molecular weight excluding hydrogens is 893 g/mol. The summed E-state index contributed by atoms with van der Waals surface area (Å²) in [4.78, 5) is 4.96. The fraction of sp³-hybridized carbons (Fsp3) is 0.278. The molecule has 8 aromatic carbocycles. The lowest BCUT2D eigenvalue weighted by molar-refractivity contribution is 0.435. The van der Waals surface area contributed by atoms with Gasteiger partial charge in [0.15, 0.2) is 0 Å². The summed E-state index contributed by atoms with van der Waals surface area (Å²) in [6, 6.07) is 54.5. The van der Waals surface area contributed by atoms with Crippen molar-refractivity contribution in [3.05, 3.63) is 251 Å². The van der Waals surface area contributed by atoms with Crippen molar-refractivity contribution >= 4 is 54.5 Å². The maximum Gasteiger partial charge on any atom is 0.0454 e. The monoisotopic (exact) mass is 967 g/mol. The van der Waals surface area contributed by atoms with E-state index in [-0.39, 0.29) is 21.7 Å². The first-order valence-corrected chi connectivity index (χ1v) is 27.4. The molecule has 372 valence electrons. The highest BCUT2D eigenvalue weighted by Gasteiger charge is 2.45. The molecule has 4 atom stereocenters. The van der Waals surface area contributed by atoms with Crippen molar-refractivity contribution in [2.24, 2.45) is 0 Å². The second-order valence-electron chi connectivity index (χ2n) is 23.1. The molecule has 0 fully saturated rings. The van der Waals surface area contributed by atoms with Crippen LogP contribution in [0.15, 0.2) is 218 Å². The Morgan fingerprint density at radius 1 is 0.365 bits per heavy atom. The Kier molecular flexibility index (Phi) is 12.6. The number of benzene rings is 8. The number of allylic oxidation sites excluding steroid dienone is 10. The predicted octanol–water partition coefficient (Wildman–Crippen LogP) is 19.1. The third-order valence-corrected chi connectivity index (χ3v) is 18.6. The summed E-state index contributed by atoms with van der Waals surface area (Å²) >= 11 is 0. The summed E-state index contributed by atoms with van der Waals surface area (Å²) in [5, 5.41) is 10.5. The SMILES string of the molecule is C=C1C=CC=C2N(C)c3ccc4ccccc4c3C2(C)CCCCC2(C)C(=CC=CC(=C)C(C)(c3c(C)ccc4ccccc34)CCCCC1(C)c1c(C)ccc3ccccc13)N(C)c1ccc3ccccc3c12. The van der Waals surface area contributed by atoms with Gasteiger partial charge in [-0.3, -0.25) is 0 Å². The van der Waals surface area contributed by atoms with Gasteiger partial charge in [0.1, 0.15) is 0 Å². The van der Waals surface area contributed by atoms with Crippen molar-refractivity contribution in [3.8, 4) is 0 Å². The lowest BCUT2D eigenvalue weighted by Gasteiger charge is -2.36. The lowest BCUT2D eigenvalue weighted by Crippen LogP contribution is -2.28. The van der Waals surface area contributed by atoms with Crippen molar-refractivity contribution in [1.82, 2.24) is 0 Å². The predicted molar refractivity (Wildman–Crippen MR) is 321 cm³/mol. The van der Waals surface area contributed by atoms with Crippen LogP contribution in [-0.4, -0.2) is 14.1 Å². The number of hydrogen-bond acceptors (Lipinski definition) is 2. The van der Waals surface area contributed by atoms with Gasteiger partial charge in [0.25, 0.3) is 0 Å². The fourth-order valence-corrected chi connectivity index (χ4v) is 14.5. The maximum absolute atomic E-state index is 5.01. The number of rotatable bonds is 2. The first-order valence-electron chi connectivity index (χ1n) is 27.4. The molecule has 0 amide bonds. The van der Waals surface area contributed by atoms with Crippen LogP contribution in [0.5, 0.6) is 0 Å². The maximum atomic E-state index is 5.01. The van der Waals surface area contributed by atoms with Crippen molar-refractivity contribution in [2.75, 3.05) is 23.9 Å². The van der Waals surface area contributed by atoms with E-state index in [0.29, 0.717) is 0 Å². The standard InChI is InChI=1S/C72H74N2/c1-49-37-39-53-27-11-15-31-57(53)65(49)69(5)45-19-20-46-70(6,66-50(2)38-40-54-28-12-16-32-58(54)66)52(4)26-24-36-64-72(8,68-60-34-18-14-30-56(60)42-44-62(68)74(64)10)48-22-21-47-71(7)63(35-23-25-51(69)3)73(9)61-43-41-55-29-13-17-33-59(55)67(61)71/h11-18,23-44H,3-4,19-22,45-48H2,1-2,5-10H3. The van der Waals surface area contributed by atoms with E-state index in [1.165, 1.54) is 99.2 Å². The molecule has 0 aromatic heterocycles. The van der Waals surface area contributed by atoms with Crippen LogP contribution in [0.2, 0.25) is 0 Å². The number of nitrogens with zero attached hydrogens (tertiary/aromatic N) is 2. The van der Waals surface area contributed by atoms with E-state index in [1.807, 2.05) is 0 Å². The first kappa shape index (κ1) is 49.1. The summed E-state index contributed by atoms with van der Waals surface area (Å²) in [5.41, 5.74) is 14.8. The van der Waals surface area contributed by atoms with Crippen LogP contribution in [-0.2, 0) is 21.7 Å². The molecular formula is C72H74N2. The van der Waals surface area contributed by atoms with E-state index in [9.17, 15) is 0 Å². The van der Waals surface area contributed by atoms with Crippen LogP contribution in [0, 0.1) is 13.8 Å². The van der Waals surface area contributed by atoms with E-state index >= 15 is 0 Å². The molecule has 3 aliphatic rings. The van der Waals surface area contributed by atoms with Crippen molar-refractivity contribution in [1.29, 1.82) is 0 Å². The number of hydrogen-bond donors (Lipinski definition) is 0. The number of likely N-dealkylation sites (N-methyl/N-ethyl adjacent to an activating group) is 2. The summed E-state index contributed by atoms with van der Waals surface area (Å²) in [6.45, 7) is 24.6. The quantitative estimate of drug-likeness (QED) is 0.170. The zero-order valence-corrected chi connectivity index (χ0v) is 45.3. The third kappa shape index (κ3) is 7.90. The van der Waals surface area contributed by atoms with Gasteiger partial charge in [0.05, 0.1) is 0 Å². The Bertz CT molecular complexity index is 3450. The van der Waals surface area contributed by atoms with Crippen LogP contribution in [0.3, 0.4) is 0 Å². The second kappa shape index (κ2) is 19.0. The zero-order valence-electron chi connectivity index (χ0n) is 45.3. The summed E-state index contributed by atoms with van der Waals surface area (Å²) in [6.07, 6.45) is 22.4. The van der Waals surface area contributed by atoms with E-state index in [4.69, 9.17) is 13.2 Å². The molecule has 0 saturated heterocycles. The van der Waals surface area contributed by atoms with Gasteiger partial charge in [-0.25, -0.2) is 0 Å². The average molecular weight is 967 g/mol. The summed E-state index contributed by atoms with van der Waals surface area (Å²) in [7, 11) is 4.57. The van der Waals surface area contributed by atoms with Crippen molar-refractivity contribution in [3.63, 3.8) is 0 Å². The smallest absolute Gasteiger partial charge is 0.0454 e. The molecule has 2 aliphatic heterocycles. The molecule has 0 spiro atoms. The van der Waals surface area contributed by atoms with Gasteiger partial charge < -0.3 is 9.80 Å². The molecule has 0 bridgehead atoms. The molecule has 0 radical (unpaired) electrons. The van der Waals surface area contributed by atoms with Crippen molar-refractivity contribution in [2.45, 2.75) is 115 Å². The van der Waals surface area contributed by atoms with Gasteiger partial charge in [-0.15, -0.1) is 0 Å². The topological polar surface area (TPSA) is 6.48 Å². The van der Waals surface area contributed by atoms with Crippen molar-refractivity contribution < 1.29 is 0 Å². The molecule has 0 N–H and O–H groups in total. The molecule has 2 nitrogen and oxygen atoms in total. The normalized spacial score (nSPS) is 24.1. The average Bonchev–Trinajstić information content (AvgIpc) is 3.81. The Morgan fingerprint density at radius 2 is 0.662 bits per heavy atom. The minimum Gasteiger partial charge on any atom is -0.347 e. The number of aryl methyl sites for hydroxylation is 2. The largest absolute Gasteiger partial charge is 0.347 e. The van der Waals surface area contributed by atoms with E-state index < -0.39 is 0 Å². The van der Waals surface area contributed by atoms with Gasteiger partial charge in [0, 0.05) is 58.5 Å². The molecule has 2 heteroatoms. The van der Waals surface area contributed by atoms with E-state index in [0.717, 1.165) is 62.5 Å². The molecule has 2 heterocycles. The van der Waals surface area contributed by atoms with Crippen LogP contribution >= 0.6 is 0 Å². The van der Waals surface area contributed by atoms with Crippen LogP contribution in [0.4, 0.5) is 11.4 Å². The number of fused-ring (bicyclic) bond motifs is 12. The highest BCUT2D eigenvalue weighted by atomic mass is 15.2. The van der Waals surface area contributed by atoms with Crippen LogP contribution in [0.25, 0.3) is 43.1 Å². The van der Waals surface area contributed by atoms with Crippen LogP contribution < -0.4 is 9.80 Å². The Labute approximate surface area is 441 Å². The van der Waals surface area contributed by atoms with E-state index in [2.05, 4.69) is 247 Å². The molecule has 1 aliphatic carbocycles. The lowest BCUT2D eigenvalue weighted by atomic mass is 9.67. The molecule has 8 aromatic rings. The molecule has 0 saturated carbocycles. The fourth-order valence-electron chi connectivity index (χ4n) is 14.5. The highest BCUT2D eigenvalue weighted by molar-refractivity contribution is 5.96. The summed E-state index contributed by atoms with van der Waals surface area (Å²) < 4.78 is 0. The Balaban J connectivity index is 1.06. The molecule has 4 unspecified atom stereocenters. The molecule has 74 heavy (non-hydrogen) atoms. The molecule has 11 rings (SSSR count). The third-order valence-electron chi connectivity index (χ3n) is 18.6. The van der Waals surface area contributed by atoms with Gasteiger partial charge in [-0.2, -0.15) is 0 Å². The Morgan fingerprint density at radius 3 is 1.01 bits per heavy atom.